The Hall–Kier alpha value is -3.10. The predicted molar refractivity (Wildman–Crippen MR) is 110 cm³/mol. The first-order valence-corrected chi connectivity index (χ1v) is 9.26. The van der Waals surface area contributed by atoms with E-state index in [-0.39, 0.29) is 5.78 Å². The molecule has 1 unspecified atom stereocenters. The predicted octanol–water partition coefficient (Wildman–Crippen LogP) is 6.79. The van der Waals surface area contributed by atoms with Crippen molar-refractivity contribution in [3.8, 4) is 0 Å². The summed E-state index contributed by atoms with van der Waals surface area (Å²) in [7, 11) is 0. The van der Waals surface area contributed by atoms with Gasteiger partial charge in [-0.25, -0.2) is 0 Å². The second kappa shape index (κ2) is 8.52. The summed E-state index contributed by atoms with van der Waals surface area (Å²) < 4.78 is 0. The fourth-order valence-electron chi connectivity index (χ4n) is 3.38. The molecule has 4 nitrogen and oxygen atoms in total. The Morgan fingerprint density at radius 3 is 2.00 bits per heavy atom. The van der Waals surface area contributed by atoms with Crippen LogP contribution in [0.15, 0.2) is 64.8 Å². The molecule has 3 rings (SSSR count). The molecule has 1 atom stereocenters. The van der Waals surface area contributed by atoms with E-state index >= 15 is 0 Å². The number of benzene rings is 2. The number of aryl methyl sites for hydroxylation is 1. The minimum Gasteiger partial charge on any atom is -0.289 e. The quantitative estimate of drug-likeness (QED) is 0.257. The molecule has 0 radical (unpaired) electrons. The molecule has 0 amide bonds. The lowest BCUT2D eigenvalue weighted by Crippen LogP contribution is -2.19. The van der Waals surface area contributed by atoms with Gasteiger partial charge < -0.3 is 0 Å². The zero-order valence-electron chi connectivity index (χ0n) is 15.7. The molecular formula is C23H23N3O. The number of Topliss-reactive ketones (excluding diaryl/α,β-unsaturated/α-hetero) is 1. The minimum absolute atomic E-state index is 0.138. The Morgan fingerprint density at radius 2 is 1.52 bits per heavy atom. The smallest absolute Gasteiger partial charge is 0.185 e. The van der Waals surface area contributed by atoms with Crippen molar-refractivity contribution in [2.45, 2.75) is 33.1 Å². The molecule has 0 N–H and O–H groups in total. The highest BCUT2D eigenvalue weighted by Gasteiger charge is 2.26. The van der Waals surface area contributed by atoms with Gasteiger partial charge in [0.1, 0.15) is 0 Å². The van der Waals surface area contributed by atoms with Gasteiger partial charge in [0.05, 0.1) is 0 Å². The Balaban J connectivity index is 1.91. The first-order valence-electron chi connectivity index (χ1n) is 9.26. The van der Waals surface area contributed by atoms with E-state index in [4.69, 9.17) is 5.53 Å². The van der Waals surface area contributed by atoms with Crippen LogP contribution < -0.4 is 0 Å². The van der Waals surface area contributed by atoms with Gasteiger partial charge in [0.15, 0.2) is 5.78 Å². The van der Waals surface area contributed by atoms with Crippen LogP contribution in [0.5, 0.6) is 0 Å². The third-order valence-electron chi connectivity index (χ3n) is 4.99. The molecule has 0 spiro atoms. The summed E-state index contributed by atoms with van der Waals surface area (Å²) in [6, 6.07) is 15.5. The summed E-state index contributed by atoms with van der Waals surface area (Å²) in [5.74, 6) is 0.618. The van der Waals surface area contributed by atoms with Gasteiger partial charge in [0.25, 0.3) is 0 Å². The van der Waals surface area contributed by atoms with Crippen LogP contribution in [-0.2, 0) is 4.79 Å². The largest absolute Gasteiger partial charge is 0.289 e. The number of carbonyl (C=O) groups is 1. The van der Waals surface area contributed by atoms with E-state index in [2.05, 4.69) is 48.1 Å². The molecule has 1 aliphatic rings. The first-order chi connectivity index (χ1) is 13.1. The summed E-state index contributed by atoms with van der Waals surface area (Å²) in [5.41, 5.74) is 14.0. The maximum absolute atomic E-state index is 13.0. The number of carbonyl (C=O) groups excluding carboxylic acids is 1. The van der Waals surface area contributed by atoms with Crippen molar-refractivity contribution >= 4 is 23.6 Å². The van der Waals surface area contributed by atoms with Crippen LogP contribution in [-0.4, -0.2) is 5.78 Å². The monoisotopic (exact) mass is 357 g/mol. The van der Waals surface area contributed by atoms with E-state index in [1.165, 1.54) is 5.56 Å². The second-order valence-corrected chi connectivity index (χ2v) is 7.04. The summed E-state index contributed by atoms with van der Waals surface area (Å²) in [6.07, 6.45) is 6.68. The minimum atomic E-state index is 0.138. The number of hydrogen-bond acceptors (Lipinski definition) is 2. The van der Waals surface area contributed by atoms with Gasteiger partial charge in [-0.3, -0.25) is 4.79 Å². The van der Waals surface area contributed by atoms with Crippen molar-refractivity contribution in [1.29, 1.82) is 0 Å². The second-order valence-electron chi connectivity index (χ2n) is 7.04. The molecule has 0 bridgehead atoms. The van der Waals surface area contributed by atoms with Gasteiger partial charge in [-0.15, -0.1) is 0 Å². The van der Waals surface area contributed by atoms with Gasteiger partial charge in [0.2, 0.25) is 0 Å². The van der Waals surface area contributed by atoms with Gasteiger partial charge >= 0.3 is 0 Å². The lowest BCUT2D eigenvalue weighted by Gasteiger charge is -2.25. The molecule has 0 aromatic heterocycles. The Labute approximate surface area is 159 Å². The Morgan fingerprint density at radius 1 is 1.00 bits per heavy atom. The third-order valence-corrected chi connectivity index (χ3v) is 4.99. The van der Waals surface area contributed by atoms with E-state index < -0.39 is 0 Å². The van der Waals surface area contributed by atoms with E-state index in [1.54, 1.807) is 12.1 Å². The molecule has 4 heteroatoms. The normalized spacial score (nSPS) is 19.9. The van der Waals surface area contributed by atoms with Gasteiger partial charge in [-0.1, -0.05) is 72.6 Å². The standard InChI is InChI=1S/C23H23N3O/c1-3-17-12-20(14-18-6-4-16(2)5-7-18)23(27)21(13-17)15-19-8-10-22(11-9-19)25-26-24/h4-11,14-15,17H,3,12-13H2,1-2H3/b20-14+,21-15+. The van der Waals surface area contributed by atoms with Crippen LogP contribution >= 0.6 is 0 Å². The molecule has 0 aliphatic heterocycles. The summed E-state index contributed by atoms with van der Waals surface area (Å²) in [5, 5.41) is 3.58. The number of nitrogens with zero attached hydrogens (tertiary/aromatic N) is 3. The lowest BCUT2D eigenvalue weighted by molar-refractivity contribution is -0.113. The highest BCUT2D eigenvalue weighted by molar-refractivity contribution is 6.14. The number of hydrogen-bond donors (Lipinski definition) is 0. The number of rotatable bonds is 4. The van der Waals surface area contributed by atoms with Crippen molar-refractivity contribution in [2.24, 2.45) is 11.0 Å². The molecule has 0 heterocycles. The van der Waals surface area contributed by atoms with E-state index in [1.807, 2.05) is 24.3 Å². The molecular weight excluding hydrogens is 334 g/mol. The van der Waals surface area contributed by atoms with Gasteiger partial charge in [-0.2, -0.15) is 0 Å². The fourth-order valence-corrected chi connectivity index (χ4v) is 3.38. The summed E-state index contributed by atoms with van der Waals surface area (Å²) in [4.78, 5) is 15.8. The van der Waals surface area contributed by atoms with Gasteiger partial charge in [0, 0.05) is 21.7 Å². The van der Waals surface area contributed by atoms with Crippen LogP contribution in [0.3, 0.4) is 0 Å². The van der Waals surface area contributed by atoms with Crippen molar-refractivity contribution in [3.63, 3.8) is 0 Å². The molecule has 27 heavy (non-hydrogen) atoms. The zero-order valence-corrected chi connectivity index (χ0v) is 15.7. The first kappa shape index (κ1) is 18.7. The van der Waals surface area contributed by atoms with E-state index in [0.717, 1.165) is 41.5 Å². The highest BCUT2D eigenvalue weighted by Crippen LogP contribution is 2.34. The van der Waals surface area contributed by atoms with Crippen LogP contribution in [0.1, 0.15) is 42.9 Å². The topological polar surface area (TPSA) is 65.8 Å². The lowest BCUT2D eigenvalue weighted by atomic mass is 9.78. The van der Waals surface area contributed by atoms with Gasteiger partial charge in [-0.05, 0) is 54.5 Å². The summed E-state index contributed by atoms with van der Waals surface area (Å²) >= 11 is 0. The molecule has 2 aromatic rings. The van der Waals surface area contributed by atoms with Crippen molar-refractivity contribution in [3.05, 3.63) is 86.8 Å². The summed E-state index contributed by atoms with van der Waals surface area (Å²) in [6.45, 7) is 4.24. The van der Waals surface area contributed by atoms with Crippen LogP contribution in [0.4, 0.5) is 5.69 Å². The maximum atomic E-state index is 13.0. The van der Waals surface area contributed by atoms with Crippen molar-refractivity contribution in [1.82, 2.24) is 0 Å². The van der Waals surface area contributed by atoms with Crippen molar-refractivity contribution in [2.75, 3.05) is 0 Å². The number of ketones is 1. The van der Waals surface area contributed by atoms with Crippen molar-refractivity contribution < 1.29 is 4.79 Å². The van der Waals surface area contributed by atoms with E-state index in [0.29, 0.717) is 11.6 Å². The molecule has 136 valence electrons. The zero-order chi connectivity index (χ0) is 19.2. The van der Waals surface area contributed by atoms with E-state index in [9.17, 15) is 4.79 Å². The molecule has 0 saturated heterocycles. The SMILES string of the molecule is CCC1C/C(=C\c2ccc(C)cc2)C(=O)/C(=C/c2ccc(N=[N+]=[N-])cc2)C1. The van der Waals surface area contributed by atoms with Crippen LogP contribution in [0, 0.1) is 12.8 Å². The molecule has 2 aromatic carbocycles. The molecule has 1 fully saturated rings. The fraction of sp³-hybridized carbons (Fsp3) is 0.261. The number of azide groups is 1. The maximum Gasteiger partial charge on any atom is 0.185 e. The number of allylic oxidation sites excluding steroid dienone is 2. The third kappa shape index (κ3) is 4.75. The molecule has 1 aliphatic carbocycles. The Kier molecular flexibility index (Phi) is 5.90. The highest BCUT2D eigenvalue weighted by atomic mass is 16.1. The molecule has 1 saturated carbocycles. The van der Waals surface area contributed by atoms with Crippen LogP contribution in [0.2, 0.25) is 0 Å². The van der Waals surface area contributed by atoms with Crippen LogP contribution in [0.25, 0.3) is 22.6 Å². The average Bonchev–Trinajstić information content (AvgIpc) is 2.68. The Bertz CT molecular complexity index is 931. The average molecular weight is 357 g/mol.